The number of hydrogen-bond donors (Lipinski definition) is 3. The van der Waals surface area contributed by atoms with E-state index in [4.69, 9.17) is 23.7 Å². The van der Waals surface area contributed by atoms with Crippen molar-refractivity contribution in [3.05, 3.63) is 51.6 Å². The van der Waals surface area contributed by atoms with Crippen LogP contribution in [0.1, 0.15) is 82.7 Å². The molecule has 0 spiro atoms. The van der Waals surface area contributed by atoms with Gasteiger partial charge in [0.15, 0.2) is 24.0 Å². The minimum Gasteiger partial charge on any atom is -0.507 e. The van der Waals surface area contributed by atoms with Gasteiger partial charge in [0.2, 0.25) is 5.78 Å². The highest BCUT2D eigenvalue weighted by molar-refractivity contribution is 6.31. The van der Waals surface area contributed by atoms with Gasteiger partial charge in [-0.25, -0.2) is 0 Å². The van der Waals surface area contributed by atoms with Crippen LogP contribution in [-0.4, -0.2) is 83.1 Å². The highest BCUT2D eigenvalue weighted by Crippen LogP contribution is 2.52. The summed E-state index contributed by atoms with van der Waals surface area (Å²) < 4.78 is 28.3. The first-order valence-electron chi connectivity index (χ1n) is 13.4. The first-order chi connectivity index (χ1) is 19.8. The second kappa shape index (κ2) is 10.8. The van der Waals surface area contributed by atoms with Crippen molar-refractivity contribution in [2.45, 2.75) is 76.3 Å². The number of carbonyl (C=O) groups is 4. The standard InChI is InChI=1S/C30H32O12/c1-12-29(41-14(3)32)18(39-5)9-20(40-12)42-19-11-30(37,13(2)31)10-16-22(19)28(36)24-23(26(16)34)25(33)15-7-6-8-17(38-4)21(15)27(24)35/h6-8,12,18-20,29,34,36-37H,9-11H2,1-5H3/t12?,18?,19-,20?,29?,30-/m0/s1. The zero-order valence-electron chi connectivity index (χ0n) is 23.8. The summed E-state index contributed by atoms with van der Waals surface area (Å²) in [6, 6.07) is 4.43. The molecule has 6 atom stereocenters. The van der Waals surface area contributed by atoms with E-state index < -0.39 is 88.7 Å². The fourth-order valence-corrected chi connectivity index (χ4v) is 6.17. The predicted molar refractivity (Wildman–Crippen MR) is 143 cm³/mol. The van der Waals surface area contributed by atoms with Gasteiger partial charge in [-0.05, 0) is 19.9 Å². The fourth-order valence-electron chi connectivity index (χ4n) is 6.17. The number of ketones is 3. The number of carbonyl (C=O) groups excluding carboxylic acids is 4. The summed E-state index contributed by atoms with van der Waals surface area (Å²) in [6.45, 7) is 4.10. The molecule has 0 aromatic heterocycles. The molecular weight excluding hydrogens is 552 g/mol. The molecule has 2 aromatic rings. The molecule has 4 unspecified atom stereocenters. The minimum absolute atomic E-state index is 0.0236. The van der Waals surface area contributed by atoms with E-state index >= 15 is 0 Å². The summed E-state index contributed by atoms with van der Waals surface area (Å²) >= 11 is 0. The van der Waals surface area contributed by atoms with Crippen LogP contribution in [0.15, 0.2) is 18.2 Å². The van der Waals surface area contributed by atoms with Gasteiger partial charge in [0, 0.05) is 50.0 Å². The van der Waals surface area contributed by atoms with Gasteiger partial charge in [-0.2, -0.15) is 0 Å². The van der Waals surface area contributed by atoms with E-state index in [0.29, 0.717) is 0 Å². The van der Waals surface area contributed by atoms with Gasteiger partial charge < -0.3 is 39.0 Å². The average Bonchev–Trinajstić information content (AvgIpc) is 2.93. The molecule has 3 aliphatic rings. The third kappa shape index (κ3) is 4.64. The van der Waals surface area contributed by atoms with Crippen LogP contribution in [0.25, 0.3) is 0 Å². The molecule has 0 saturated carbocycles. The molecule has 1 saturated heterocycles. The molecule has 3 N–H and O–H groups in total. The molecule has 12 nitrogen and oxygen atoms in total. The molecule has 0 bridgehead atoms. The van der Waals surface area contributed by atoms with E-state index in [0.717, 1.165) is 0 Å². The molecule has 2 aliphatic carbocycles. The van der Waals surface area contributed by atoms with Gasteiger partial charge in [-0.3, -0.25) is 19.2 Å². The number of benzene rings is 2. The van der Waals surface area contributed by atoms with Crippen LogP contribution in [0.3, 0.4) is 0 Å². The number of hydrogen-bond acceptors (Lipinski definition) is 12. The number of methoxy groups -OCH3 is 2. The van der Waals surface area contributed by atoms with Gasteiger partial charge in [0.25, 0.3) is 0 Å². The highest BCUT2D eigenvalue weighted by atomic mass is 16.7. The number of phenolic OH excluding ortho intramolecular Hbond substituents is 2. The SMILES string of the molecule is COc1cccc2c1C(=O)c1c(O)c3c(c(O)c1C2=O)C[C@@](O)(C(C)=O)C[C@@H]3OC1CC(OC)C(OC(C)=O)C(C)O1. The lowest BCUT2D eigenvalue weighted by molar-refractivity contribution is -0.272. The minimum atomic E-state index is -2.03. The lowest BCUT2D eigenvalue weighted by Gasteiger charge is -2.43. The van der Waals surface area contributed by atoms with Gasteiger partial charge >= 0.3 is 5.97 Å². The van der Waals surface area contributed by atoms with Crippen LogP contribution < -0.4 is 4.74 Å². The first kappa shape index (κ1) is 29.6. The van der Waals surface area contributed by atoms with Crippen LogP contribution >= 0.6 is 0 Å². The molecule has 12 heteroatoms. The third-order valence-electron chi connectivity index (χ3n) is 8.27. The Hall–Kier alpha value is -3.84. The Morgan fingerprint density at radius 2 is 1.71 bits per heavy atom. The summed E-state index contributed by atoms with van der Waals surface area (Å²) in [5.74, 6) is -3.76. The third-order valence-corrected chi connectivity index (χ3v) is 8.27. The van der Waals surface area contributed by atoms with Gasteiger partial charge in [0.1, 0.15) is 29.0 Å². The maximum Gasteiger partial charge on any atom is 0.303 e. The van der Waals surface area contributed by atoms with Gasteiger partial charge in [-0.15, -0.1) is 0 Å². The van der Waals surface area contributed by atoms with E-state index in [1.54, 1.807) is 6.92 Å². The Bertz CT molecular complexity index is 1500. The van der Waals surface area contributed by atoms with Crippen molar-refractivity contribution in [1.29, 1.82) is 0 Å². The fraction of sp³-hybridized carbons (Fsp3) is 0.467. The molecule has 1 aliphatic heterocycles. The molecular formula is C30H32O12. The number of fused-ring (bicyclic) bond motifs is 3. The lowest BCUT2D eigenvalue weighted by Crippen LogP contribution is -2.51. The van der Waals surface area contributed by atoms with Crippen molar-refractivity contribution in [1.82, 2.24) is 0 Å². The predicted octanol–water partition coefficient (Wildman–Crippen LogP) is 2.29. The van der Waals surface area contributed by atoms with Crippen LogP contribution in [0, 0.1) is 0 Å². The number of aromatic hydroxyl groups is 2. The van der Waals surface area contributed by atoms with E-state index in [1.807, 2.05) is 0 Å². The Morgan fingerprint density at radius 1 is 1.02 bits per heavy atom. The normalized spacial score (nSPS) is 28.4. The molecule has 0 radical (unpaired) electrons. The summed E-state index contributed by atoms with van der Waals surface area (Å²) in [4.78, 5) is 51.5. The number of phenols is 2. The Labute approximate surface area is 241 Å². The van der Waals surface area contributed by atoms with Crippen LogP contribution in [0.5, 0.6) is 17.2 Å². The Kier molecular flexibility index (Phi) is 7.60. The van der Waals surface area contributed by atoms with E-state index in [1.165, 1.54) is 46.3 Å². The van der Waals surface area contributed by atoms with Crippen molar-refractivity contribution in [2.75, 3.05) is 14.2 Å². The number of aliphatic hydroxyl groups is 1. The molecule has 1 heterocycles. The summed E-state index contributed by atoms with van der Waals surface area (Å²) in [5.41, 5.74) is -3.14. The average molecular weight is 585 g/mol. The van der Waals surface area contributed by atoms with Crippen molar-refractivity contribution in [3.63, 3.8) is 0 Å². The van der Waals surface area contributed by atoms with Crippen LogP contribution in [0.2, 0.25) is 0 Å². The van der Waals surface area contributed by atoms with E-state index in [-0.39, 0.29) is 40.8 Å². The number of esters is 1. The summed E-state index contributed by atoms with van der Waals surface area (Å²) in [7, 11) is 2.77. The quantitative estimate of drug-likeness (QED) is 0.285. The second-order valence-electron chi connectivity index (χ2n) is 10.8. The van der Waals surface area contributed by atoms with Gasteiger partial charge in [0.05, 0.1) is 36.0 Å². The van der Waals surface area contributed by atoms with Crippen molar-refractivity contribution < 1.29 is 58.2 Å². The largest absolute Gasteiger partial charge is 0.507 e. The molecule has 224 valence electrons. The van der Waals surface area contributed by atoms with Crippen molar-refractivity contribution in [3.8, 4) is 17.2 Å². The second-order valence-corrected chi connectivity index (χ2v) is 10.8. The molecule has 2 aromatic carbocycles. The molecule has 5 rings (SSSR count). The lowest BCUT2D eigenvalue weighted by atomic mass is 9.72. The van der Waals surface area contributed by atoms with Crippen LogP contribution in [0.4, 0.5) is 0 Å². The van der Waals surface area contributed by atoms with E-state index in [9.17, 15) is 34.5 Å². The van der Waals surface area contributed by atoms with Crippen molar-refractivity contribution in [2.24, 2.45) is 0 Å². The van der Waals surface area contributed by atoms with Crippen molar-refractivity contribution >= 4 is 23.3 Å². The van der Waals surface area contributed by atoms with Crippen LogP contribution in [-0.2, 0) is 35.0 Å². The van der Waals surface area contributed by atoms with E-state index in [2.05, 4.69) is 0 Å². The smallest absolute Gasteiger partial charge is 0.303 e. The monoisotopic (exact) mass is 584 g/mol. The number of Topliss-reactive ketones (excluding diaryl/α,β-unsaturated/α-hetero) is 1. The maximum atomic E-state index is 13.7. The maximum absolute atomic E-state index is 13.7. The summed E-state index contributed by atoms with van der Waals surface area (Å²) in [5, 5.41) is 34.4. The van der Waals surface area contributed by atoms with Gasteiger partial charge in [-0.1, -0.05) is 12.1 Å². The zero-order valence-corrected chi connectivity index (χ0v) is 23.8. The first-order valence-corrected chi connectivity index (χ1v) is 13.4. The Balaban J connectivity index is 1.62. The molecule has 1 fully saturated rings. The Morgan fingerprint density at radius 3 is 2.33 bits per heavy atom. The summed E-state index contributed by atoms with van der Waals surface area (Å²) in [6.07, 6.45) is -5.05. The number of rotatable bonds is 6. The molecule has 0 amide bonds. The zero-order chi connectivity index (χ0) is 30.7. The highest BCUT2D eigenvalue weighted by Gasteiger charge is 2.50. The topological polar surface area (TPSA) is 175 Å². The molecule has 42 heavy (non-hydrogen) atoms. The number of ether oxygens (including phenoxy) is 5.